The van der Waals surface area contributed by atoms with Crippen LogP contribution in [0.2, 0.25) is 0 Å². The molecule has 2 unspecified atom stereocenters. The number of nitrogens with zero attached hydrogens (tertiary/aromatic N) is 3. The van der Waals surface area contributed by atoms with Crippen LogP contribution in [0.3, 0.4) is 0 Å². The minimum atomic E-state index is -3.38. The van der Waals surface area contributed by atoms with Gasteiger partial charge in [-0.1, -0.05) is 18.2 Å². The zero-order valence-corrected chi connectivity index (χ0v) is 25.4. The smallest absolute Gasteiger partial charge is 0.352 e. The SMILES string of the molecule is COCC1=NC(=O)N(C(=O)NCCNC2CCN(c3ccccc3S(C)(=O)=O)CC2)C(c2ccc(F)c(F)c2)C1C(=O)OC. The summed E-state index contributed by atoms with van der Waals surface area (Å²) in [5, 5.41) is 5.99. The van der Waals surface area contributed by atoms with E-state index in [-0.39, 0.29) is 35.4 Å². The van der Waals surface area contributed by atoms with Gasteiger partial charge in [-0.05, 0) is 42.7 Å². The largest absolute Gasteiger partial charge is 0.468 e. The summed E-state index contributed by atoms with van der Waals surface area (Å²) in [4.78, 5) is 46.1. The Labute approximate surface area is 254 Å². The van der Waals surface area contributed by atoms with Gasteiger partial charge in [-0.15, -0.1) is 0 Å². The van der Waals surface area contributed by atoms with Crippen molar-refractivity contribution in [3.63, 3.8) is 0 Å². The molecule has 12 nitrogen and oxygen atoms in total. The molecule has 2 aliphatic heterocycles. The number of nitrogens with one attached hydrogen (secondary N) is 2. The van der Waals surface area contributed by atoms with Crippen LogP contribution in [-0.4, -0.2) is 96.4 Å². The lowest BCUT2D eigenvalue weighted by Crippen LogP contribution is -2.54. The Morgan fingerprint density at radius 1 is 1.05 bits per heavy atom. The molecule has 2 atom stereocenters. The van der Waals surface area contributed by atoms with Gasteiger partial charge in [0, 0.05) is 45.6 Å². The zero-order chi connectivity index (χ0) is 32.0. The van der Waals surface area contributed by atoms with Crippen LogP contribution in [0.25, 0.3) is 0 Å². The monoisotopic (exact) mass is 635 g/mol. The number of aliphatic imine (C=N–C) groups is 1. The number of halogens is 2. The van der Waals surface area contributed by atoms with Crippen LogP contribution < -0.4 is 15.5 Å². The molecule has 0 saturated carbocycles. The zero-order valence-electron chi connectivity index (χ0n) is 24.6. The van der Waals surface area contributed by atoms with Crippen LogP contribution in [0.15, 0.2) is 52.4 Å². The third kappa shape index (κ3) is 7.39. The Balaban J connectivity index is 1.41. The van der Waals surface area contributed by atoms with E-state index in [0.29, 0.717) is 30.2 Å². The standard InChI is InChI=1S/C29H35F2N5O7S/c1-42-17-22-25(27(37)43-2)26(18-8-9-20(30)21(31)16-18)36(29(39)34-22)28(38)33-13-12-32-19-10-14-35(15-11-19)23-6-4-5-7-24(23)44(3,40)41/h4-9,16,19,25-26,32H,10-15,17H2,1-3H3,(H,33,38). The number of amides is 4. The van der Waals surface area contributed by atoms with Gasteiger partial charge >= 0.3 is 18.0 Å². The van der Waals surface area contributed by atoms with Gasteiger partial charge in [-0.3, -0.25) is 4.79 Å². The Morgan fingerprint density at radius 2 is 1.75 bits per heavy atom. The van der Waals surface area contributed by atoms with Crippen LogP contribution >= 0.6 is 0 Å². The van der Waals surface area contributed by atoms with Crippen LogP contribution in [0, 0.1) is 17.6 Å². The third-order valence-electron chi connectivity index (χ3n) is 7.58. The number of carbonyl (C=O) groups excluding carboxylic acids is 3. The van der Waals surface area contributed by atoms with E-state index in [1.807, 2.05) is 4.90 Å². The number of esters is 1. The van der Waals surface area contributed by atoms with Crippen LogP contribution in [0.5, 0.6) is 0 Å². The fourth-order valence-corrected chi connectivity index (χ4v) is 6.40. The minimum Gasteiger partial charge on any atom is -0.468 e. The summed E-state index contributed by atoms with van der Waals surface area (Å²) in [7, 11) is -0.925. The van der Waals surface area contributed by atoms with Crippen molar-refractivity contribution >= 4 is 39.3 Å². The highest BCUT2D eigenvalue weighted by atomic mass is 32.2. The average molecular weight is 636 g/mol. The molecule has 4 amide bonds. The topological polar surface area (TPSA) is 147 Å². The fourth-order valence-electron chi connectivity index (χ4n) is 5.50. The number of rotatable bonds is 10. The van der Waals surface area contributed by atoms with E-state index >= 15 is 0 Å². The summed E-state index contributed by atoms with van der Waals surface area (Å²) in [5.41, 5.74) is 0.646. The molecule has 2 N–H and O–H groups in total. The Hall–Kier alpha value is -3.95. The molecule has 4 rings (SSSR count). The maximum atomic E-state index is 14.2. The number of para-hydroxylation sites is 1. The Bertz CT molecular complexity index is 1530. The molecule has 2 aromatic rings. The first-order valence-corrected chi connectivity index (χ1v) is 15.8. The molecule has 15 heteroatoms. The van der Waals surface area contributed by atoms with E-state index in [4.69, 9.17) is 9.47 Å². The summed E-state index contributed by atoms with van der Waals surface area (Å²) in [6.45, 7) is 1.47. The third-order valence-corrected chi connectivity index (χ3v) is 8.73. The molecule has 2 aliphatic rings. The van der Waals surface area contributed by atoms with Crippen LogP contribution in [-0.2, 0) is 24.1 Å². The van der Waals surface area contributed by atoms with Gasteiger partial charge in [-0.25, -0.2) is 31.7 Å². The second kappa shape index (κ2) is 14.2. The number of ether oxygens (including phenoxy) is 2. The molecule has 0 spiro atoms. The molecule has 2 heterocycles. The van der Waals surface area contributed by atoms with Crippen molar-refractivity contribution in [3.8, 4) is 0 Å². The maximum absolute atomic E-state index is 14.2. The predicted octanol–water partition coefficient (Wildman–Crippen LogP) is 2.69. The molecular weight excluding hydrogens is 600 g/mol. The van der Waals surface area contributed by atoms with Crippen molar-refractivity contribution in [1.29, 1.82) is 0 Å². The molecule has 1 fully saturated rings. The minimum absolute atomic E-state index is 0.00589. The van der Waals surface area contributed by atoms with Gasteiger partial charge in [0.15, 0.2) is 21.5 Å². The summed E-state index contributed by atoms with van der Waals surface area (Å²) in [6, 6.07) is 6.58. The van der Waals surface area contributed by atoms with Crippen LogP contribution in [0.1, 0.15) is 24.4 Å². The number of sulfone groups is 1. The van der Waals surface area contributed by atoms with Crippen LogP contribution in [0.4, 0.5) is 24.1 Å². The summed E-state index contributed by atoms with van der Waals surface area (Å²) in [5.74, 6) is -4.51. The van der Waals surface area contributed by atoms with Crippen molar-refractivity contribution in [3.05, 3.63) is 59.7 Å². The lowest BCUT2D eigenvalue weighted by molar-refractivity contribution is -0.144. The molecule has 0 radical (unpaired) electrons. The predicted molar refractivity (Wildman–Crippen MR) is 157 cm³/mol. The molecule has 0 aromatic heterocycles. The molecular formula is C29H35F2N5O7S. The van der Waals surface area contributed by atoms with Crippen molar-refractivity contribution < 1.29 is 41.1 Å². The number of hydrogen-bond acceptors (Lipinski definition) is 9. The maximum Gasteiger partial charge on any atom is 0.352 e. The van der Waals surface area contributed by atoms with Gasteiger partial charge in [0.2, 0.25) is 0 Å². The summed E-state index contributed by atoms with van der Waals surface area (Å²) < 4.78 is 62.4. The lowest BCUT2D eigenvalue weighted by Gasteiger charge is -2.37. The van der Waals surface area contributed by atoms with Gasteiger partial charge in [-0.2, -0.15) is 4.99 Å². The number of piperidine rings is 1. The second-order valence-corrected chi connectivity index (χ2v) is 12.5. The molecule has 238 valence electrons. The number of anilines is 1. The van der Waals surface area contributed by atoms with Crippen molar-refractivity contribution in [1.82, 2.24) is 15.5 Å². The van der Waals surface area contributed by atoms with Gasteiger partial charge < -0.3 is 25.0 Å². The van der Waals surface area contributed by atoms with E-state index in [1.165, 1.54) is 19.4 Å². The highest BCUT2D eigenvalue weighted by molar-refractivity contribution is 7.90. The first-order valence-electron chi connectivity index (χ1n) is 13.9. The Morgan fingerprint density at radius 3 is 2.39 bits per heavy atom. The van der Waals surface area contributed by atoms with Crippen molar-refractivity contribution in [2.45, 2.75) is 29.8 Å². The number of carbonyl (C=O) groups is 3. The van der Waals surface area contributed by atoms with E-state index < -0.39 is 51.5 Å². The summed E-state index contributed by atoms with van der Waals surface area (Å²) >= 11 is 0. The molecule has 0 aliphatic carbocycles. The number of hydrogen-bond donors (Lipinski definition) is 2. The molecule has 2 aromatic carbocycles. The fraction of sp³-hybridized carbons (Fsp3) is 0.448. The Kier molecular flexibility index (Phi) is 10.7. The quantitative estimate of drug-likeness (QED) is 0.297. The molecule has 1 saturated heterocycles. The van der Waals surface area contributed by atoms with Crippen molar-refractivity contribution in [2.75, 3.05) is 58.2 Å². The van der Waals surface area contributed by atoms with E-state index in [9.17, 15) is 31.6 Å². The van der Waals surface area contributed by atoms with Gasteiger partial charge in [0.05, 0.1) is 36.1 Å². The van der Waals surface area contributed by atoms with Crippen molar-refractivity contribution in [2.24, 2.45) is 10.9 Å². The average Bonchev–Trinajstić information content (AvgIpc) is 3.00. The highest BCUT2D eigenvalue weighted by Crippen LogP contribution is 2.36. The first kappa shape index (κ1) is 33.0. The van der Waals surface area contributed by atoms with E-state index in [0.717, 1.165) is 32.1 Å². The normalized spacial score (nSPS) is 19.5. The van der Waals surface area contributed by atoms with Gasteiger partial charge in [0.25, 0.3) is 0 Å². The van der Waals surface area contributed by atoms with E-state index in [2.05, 4.69) is 15.6 Å². The highest BCUT2D eigenvalue weighted by Gasteiger charge is 2.47. The lowest BCUT2D eigenvalue weighted by atomic mass is 9.86. The second-order valence-electron chi connectivity index (χ2n) is 10.5. The van der Waals surface area contributed by atoms with E-state index in [1.54, 1.807) is 24.3 Å². The molecule has 0 bridgehead atoms. The first-order chi connectivity index (χ1) is 21.0. The summed E-state index contributed by atoms with van der Waals surface area (Å²) in [6.07, 6.45) is 2.64. The molecule has 44 heavy (non-hydrogen) atoms. The number of methoxy groups -OCH3 is 2. The van der Waals surface area contributed by atoms with Gasteiger partial charge in [0.1, 0.15) is 5.92 Å². The number of benzene rings is 2. The number of urea groups is 2. The number of imide groups is 1.